The van der Waals surface area contributed by atoms with Gasteiger partial charge in [-0.25, -0.2) is 17.2 Å². The van der Waals surface area contributed by atoms with Gasteiger partial charge in [-0.1, -0.05) is 12.1 Å². The van der Waals surface area contributed by atoms with Crippen molar-refractivity contribution in [3.8, 4) is 0 Å². The summed E-state index contributed by atoms with van der Waals surface area (Å²) < 4.78 is 54.2. The fraction of sp³-hybridized carbons (Fsp3) is 0. The molecule has 0 spiro atoms. The van der Waals surface area contributed by atoms with Crippen LogP contribution in [0.4, 0.5) is 20.2 Å². The van der Waals surface area contributed by atoms with Gasteiger partial charge in [-0.15, -0.1) is 0 Å². The van der Waals surface area contributed by atoms with E-state index in [0.29, 0.717) is 28.1 Å². The Labute approximate surface area is 141 Å². The Morgan fingerprint density at radius 2 is 1.68 bits per heavy atom. The third-order valence-electron chi connectivity index (χ3n) is 3.90. The third-order valence-corrected chi connectivity index (χ3v) is 5.34. The summed E-state index contributed by atoms with van der Waals surface area (Å²) in [4.78, 5) is 11.8. The summed E-state index contributed by atoms with van der Waals surface area (Å²) in [5.74, 6) is -2.10. The van der Waals surface area contributed by atoms with Crippen molar-refractivity contribution in [1.82, 2.24) is 0 Å². The molecule has 0 radical (unpaired) electrons. The standard InChI is InChI=1S/C17H10F2N2O3S/c18-9-6-10(19)8-11(7-9)21-25(23,24)15-5-4-14-16-12(15)2-1-3-13(16)17(22)20-14/h1-8,21H,(H,20,22). The average molecular weight is 360 g/mol. The van der Waals surface area contributed by atoms with Gasteiger partial charge in [-0.05, 0) is 30.3 Å². The monoisotopic (exact) mass is 360 g/mol. The fourth-order valence-electron chi connectivity index (χ4n) is 2.92. The number of nitrogens with one attached hydrogen (secondary N) is 2. The molecule has 0 unspecified atom stereocenters. The Kier molecular flexibility index (Phi) is 3.26. The number of hydrogen-bond donors (Lipinski definition) is 2. The van der Waals surface area contributed by atoms with E-state index in [9.17, 15) is 22.0 Å². The zero-order chi connectivity index (χ0) is 17.8. The second-order valence-corrected chi connectivity index (χ2v) is 7.21. The maximum absolute atomic E-state index is 13.3. The largest absolute Gasteiger partial charge is 0.321 e. The number of carbonyl (C=O) groups excluding carboxylic acids is 1. The van der Waals surface area contributed by atoms with Gasteiger partial charge in [-0.2, -0.15) is 0 Å². The summed E-state index contributed by atoms with van der Waals surface area (Å²) in [6.45, 7) is 0. The topological polar surface area (TPSA) is 75.3 Å². The van der Waals surface area contributed by atoms with Crippen molar-refractivity contribution in [3.63, 3.8) is 0 Å². The van der Waals surface area contributed by atoms with Crippen molar-refractivity contribution in [2.75, 3.05) is 10.0 Å². The predicted octanol–water partition coefficient (Wildman–Crippen LogP) is 3.48. The molecule has 0 saturated carbocycles. The van der Waals surface area contributed by atoms with Crippen LogP contribution < -0.4 is 10.0 Å². The van der Waals surface area contributed by atoms with Crippen LogP contribution in [0.2, 0.25) is 0 Å². The van der Waals surface area contributed by atoms with Gasteiger partial charge in [0.2, 0.25) is 0 Å². The van der Waals surface area contributed by atoms with E-state index >= 15 is 0 Å². The van der Waals surface area contributed by atoms with Crippen molar-refractivity contribution in [3.05, 3.63) is 65.7 Å². The molecule has 2 N–H and O–H groups in total. The minimum Gasteiger partial charge on any atom is -0.321 e. The first-order valence-electron chi connectivity index (χ1n) is 7.21. The number of carbonyl (C=O) groups is 1. The lowest BCUT2D eigenvalue weighted by Crippen LogP contribution is -2.13. The summed E-state index contributed by atoms with van der Waals surface area (Å²) in [5, 5.41) is 3.51. The fourth-order valence-corrected chi connectivity index (χ4v) is 4.17. The van der Waals surface area contributed by atoms with Crippen LogP contribution in [0.25, 0.3) is 10.8 Å². The van der Waals surface area contributed by atoms with E-state index in [-0.39, 0.29) is 16.5 Å². The van der Waals surface area contributed by atoms with E-state index in [0.717, 1.165) is 12.1 Å². The highest BCUT2D eigenvalue weighted by Crippen LogP contribution is 2.37. The van der Waals surface area contributed by atoms with E-state index in [2.05, 4.69) is 10.0 Å². The van der Waals surface area contributed by atoms with Gasteiger partial charge >= 0.3 is 0 Å². The van der Waals surface area contributed by atoms with Gasteiger partial charge in [0.25, 0.3) is 15.9 Å². The quantitative estimate of drug-likeness (QED) is 0.751. The van der Waals surface area contributed by atoms with Gasteiger partial charge < -0.3 is 5.32 Å². The normalized spacial score (nSPS) is 13.1. The second kappa shape index (κ2) is 5.25. The van der Waals surface area contributed by atoms with Gasteiger partial charge in [0.05, 0.1) is 10.6 Å². The molecule has 0 aromatic heterocycles. The van der Waals surface area contributed by atoms with Crippen molar-refractivity contribution in [2.45, 2.75) is 4.90 Å². The van der Waals surface area contributed by atoms with Gasteiger partial charge in [0.15, 0.2) is 0 Å². The Bertz CT molecular complexity index is 1140. The smallest absolute Gasteiger partial charge is 0.262 e. The van der Waals surface area contributed by atoms with Crippen LogP contribution in [0.3, 0.4) is 0 Å². The molecular formula is C17H10F2N2O3S. The van der Waals surface area contributed by atoms with Crippen LogP contribution in [0.5, 0.6) is 0 Å². The SMILES string of the molecule is O=C1Nc2ccc(S(=O)(=O)Nc3cc(F)cc(F)c3)c3cccc1c23. The zero-order valence-electron chi connectivity index (χ0n) is 12.5. The number of hydrogen-bond acceptors (Lipinski definition) is 3. The molecule has 0 bridgehead atoms. The number of halogens is 2. The first kappa shape index (κ1) is 15.5. The van der Waals surface area contributed by atoms with E-state index < -0.39 is 21.7 Å². The molecule has 4 rings (SSSR count). The lowest BCUT2D eigenvalue weighted by molar-refractivity contribution is 0.103. The summed E-state index contributed by atoms with van der Waals surface area (Å²) in [7, 11) is -4.12. The van der Waals surface area contributed by atoms with Crippen LogP contribution in [-0.4, -0.2) is 14.3 Å². The van der Waals surface area contributed by atoms with E-state index in [1.165, 1.54) is 12.1 Å². The second-order valence-electron chi connectivity index (χ2n) is 5.56. The Morgan fingerprint density at radius 1 is 0.960 bits per heavy atom. The van der Waals surface area contributed by atoms with Crippen LogP contribution in [-0.2, 0) is 10.0 Å². The summed E-state index contributed by atoms with van der Waals surface area (Å²) >= 11 is 0. The van der Waals surface area contributed by atoms with Crippen LogP contribution in [0, 0.1) is 11.6 Å². The molecule has 1 amide bonds. The first-order valence-corrected chi connectivity index (χ1v) is 8.69. The molecule has 0 atom stereocenters. The predicted molar refractivity (Wildman–Crippen MR) is 89.1 cm³/mol. The maximum atomic E-state index is 13.3. The number of amides is 1. The molecule has 25 heavy (non-hydrogen) atoms. The number of benzene rings is 3. The molecule has 3 aromatic carbocycles. The van der Waals surface area contributed by atoms with Crippen molar-refractivity contribution < 1.29 is 22.0 Å². The molecule has 8 heteroatoms. The van der Waals surface area contributed by atoms with E-state index in [1.807, 2.05) is 0 Å². The molecular weight excluding hydrogens is 350 g/mol. The van der Waals surface area contributed by atoms with Gasteiger partial charge in [-0.3, -0.25) is 9.52 Å². The third kappa shape index (κ3) is 2.51. The molecule has 1 aliphatic heterocycles. The minimum atomic E-state index is -4.12. The summed E-state index contributed by atoms with van der Waals surface area (Å²) in [5.41, 5.74) is 0.669. The lowest BCUT2D eigenvalue weighted by atomic mass is 10.1. The average Bonchev–Trinajstić information content (AvgIpc) is 2.84. The highest BCUT2D eigenvalue weighted by atomic mass is 32.2. The van der Waals surface area contributed by atoms with Crippen LogP contribution in [0.1, 0.15) is 10.4 Å². The highest BCUT2D eigenvalue weighted by molar-refractivity contribution is 7.93. The molecule has 5 nitrogen and oxygen atoms in total. The zero-order valence-corrected chi connectivity index (χ0v) is 13.3. The van der Waals surface area contributed by atoms with Crippen molar-refractivity contribution in [2.24, 2.45) is 0 Å². The molecule has 1 heterocycles. The maximum Gasteiger partial charge on any atom is 0.262 e. The van der Waals surface area contributed by atoms with Crippen molar-refractivity contribution in [1.29, 1.82) is 0 Å². The minimum absolute atomic E-state index is 0.0886. The molecule has 1 aliphatic rings. The lowest BCUT2D eigenvalue weighted by Gasteiger charge is -2.11. The Hall–Kier alpha value is -3.00. The van der Waals surface area contributed by atoms with Gasteiger partial charge in [0.1, 0.15) is 11.6 Å². The van der Waals surface area contributed by atoms with Crippen LogP contribution in [0.15, 0.2) is 53.4 Å². The first-order chi connectivity index (χ1) is 11.8. The van der Waals surface area contributed by atoms with Gasteiger partial charge in [0, 0.05) is 28.1 Å². The number of rotatable bonds is 3. The van der Waals surface area contributed by atoms with E-state index in [1.54, 1.807) is 18.2 Å². The molecule has 126 valence electrons. The molecule has 0 saturated heterocycles. The number of sulfonamides is 1. The van der Waals surface area contributed by atoms with Crippen LogP contribution >= 0.6 is 0 Å². The summed E-state index contributed by atoms with van der Waals surface area (Å²) in [6, 6.07) is 9.98. The molecule has 3 aromatic rings. The molecule has 0 aliphatic carbocycles. The molecule has 0 fully saturated rings. The Morgan fingerprint density at radius 3 is 2.40 bits per heavy atom. The Balaban J connectivity index is 1.87. The summed E-state index contributed by atoms with van der Waals surface area (Å²) in [6.07, 6.45) is 0. The number of anilines is 2. The highest BCUT2D eigenvalue weighted by Gasteiger charge is 2.26. The van der Waals surface area contributed by atoms with Crippen molar-refractivity contribution >= 4 is 38.1 Å². The van der Waals surface area contributed by atoms with E-state index in [4.69, 9.17) is 0 Å².